The molecule has 16 heavy (non-hydrogen) atoms. The van der Waals surface area contributed by atoms with Crippen LogP contribution in [0.2, 0.25) is 0 Å². The molecule has 0 bridgehead atoms. The van der Waals surface area contributed by atoms with E-state index >= 15 is 0 Å². The Balaban J connectivity index is 1.97. The zero-order valence-electron chi connectivity index (χ0n) is 9.81. The summed E-state index contributed by atoms with van der Waals surface area (Å²) in [5, 5.41) is 13.5. The minimum absolute atomic E-state index is 0.0981. The molecule has 0 heterocycles. The molecule has 2 unspecified atom stereocenters. The lowest BCUT2D eigenvalue weighted by Crippen LogP contribution is -2.33. The lowest BCUT2D eigenvalue weighted by Gasteiger charge is -2.20. The first-order valence-electron chi connectivity index (χ1n) is 5.79. The Morgan fingerprint density at radius 1 is 1.31 bits per heavy atom. The van der Waals surface area contributed by atoms with Gasteiger partial charge in [-0.2, -0.15) is 0 Å². The number of hydrogen-bond donors (Lipinski definition) is 2. The Bertz CT molecular complexity index is 332. The van der Waals surface area contributed by atoms with Crippen LogP contribution in [-0.2, 0) is 0 Å². The zero-order valence-corrected chi connectivity index (χ0v) is 9.81. The van der Waals surface area contributed by atoms with Crippen LogP contribution < -0.4 is 10.1 Å². The van der Waals surface area contributed by atoms with Crippen molar-refractivity contribution < 1.29 is 9.84 Å². The minimum atomic E-state index is -0.452. The summed E-state index contributed by atoms with van der Waals surface area (Å²) in [4.78, 5) is 0. The molecule has 0 radical (unpaired) electrons. The van der Waals surface area contributed by atoms with Crippen molar-refractivity contribution in [1.82, 2.24) is 5.32 Å². The van der Waals surface area contributed by atoms with Crippen LogP contribution in [-0.4, -0.2) is 24.3 Å². The highest BCUT2D eigenvalue weighted by molar-refractivity contribution is 5.29. The van der Waals surface area contributed by atoms with E-state index in [-0.39, 0.29) is 6.04 Å². The average Bonchev–Trinajstić information content (AvgIpc) is 3.12. The van der Waals surface area contributed by atoms with Crippen LogP contribution in [0, 0.1) is 0 Å². The van der Waals surface area contributed by atoms with Gasteiger partial charge in [-0.05, 0) is 37.5 Å². The van der Waals surface area contributed by atoms with Gasteiger partial charge in [0, 0.05) is 12.1 Å². The van der Waals surface area contributed by atoms with Gasteiger partial charge in [0.2, 0.25) is 0 Å². The maximum absolute atomic E-state index is 10.1. The fourth-order valence-electron chi connectivity index (χ4n) is 1.80. The summed E-state index contributed by atoms with van der Waals surface area (Å²) in [7, 11) is 1.64. The van der Waals surface area contributed by atoms with Crippen molar-refractivity contribution in [2.45, 2.75) is 38.0 Å². The lowest BCUT2D eigenvalue weighted by atomic mass is 10.0. The number of ether oxygens (including phenoxy) is 1. The predicted molar refractivity (Wildman–Crippen MR) is 63.6 cm³/mol. The molecule has 2 N–H and O–H groups in total. The van der Waals surface area contributed by atoms with Crippen LogP contribution in [0.15, 0.2) is 24.3 Å². The van der Waals surface area contributed by atoms with Crippen molar-refractivity contribution in [2.75, 3.05) is 7.11 Å². The number of nitrogens with one attached hydrogen (secondary N) is 1. The fourth-order valence-corrected chi connectivity index (χ4v) is 1.80. The van der Waals surface area contributed by atoms with Gasteiger partial charge in [0.25, 0.3) is 0 Å². The van der Waals surface area contributed by atoms with Crippen LogP contribution in [0.4, 0.5) is 0 Å². The van der Waals surface area contributed by atoms with E-state index < -0.39 is 6.10 Å². The van der Waals surface area contributed by atoms with E-state index in [1.54, 1.807) is 7.11 Å². The molecule has 0 aromatic heterocycles. The molecule has 1 aromatic rings. The summed E-state index contributed by atoms with van der Waals surface area (Å²) < 4.78 is 5.09. The van der Waals surface area contributed by atoms with E-state index in [9.17, 15) is 5.11 Å². The van der Waals surface area contributed by atoms with Gasteiger partial charge in [-0.15, -0.1) is 0 Å². The minimum Gasteiger partial charge on any atom is -0.497 e. The second-order valence-corrected chi connectivity index (χ2v) is 4.45. The Morgan fingerprint density at radius 3 is 2.44 bits per heavy atom. The molecule has 1 aromatic carbocycles. The monoisotopic (exact) mass is 221 g/mol. The van der Waals surface area contributed by atoms with Crippen molar-refractivity contribution in [1.29, 1.82) is 0 Å². The van der Waals surface area contributed by atoms with E-state index in [0.29, 0.717) is 6.04 Å². The third-order valence-corrected chi connectivity index (χ3v) is 3.01. The number of benzene rings is 1. The topological polar surface area (TPSA) is 41.5 Å². The summed E-state index contributed by atoms with van der Waals surface area (Å²) in [6.07, 6.45) is 2.02. The molecule has 3 heteroatoms. The van der Waals surface area contributed by atoms with Crippen molar-refractivity contribution in [3.63, 3.8) is 0 Å². The maximum Gasteiger partial charge on any atom is 0.118 e. The normalized spacial score (nSPS) is 19.2. The molecule has 2 atom stereocenters. The van der Waals surface area contributed by atoms with E-state index in [2.05, 4.69) is 5.32 Å². The Morgan fingerprint density at radius 2 is 1.94 bits per heavy atom. The van der Waals surface area contributed by atoms with Crippen molar-refractivity contribution >= 4 is 0 Å². The molecular formula is C13H19NO2. The Kier molecular flexibility index (Phi) is 3.46. The summed E-state index contributed by atoms with van der Waals surface area (Å²) in [6, 6.07) is 8.29. The third kappa shape index (κ3) is 2.74. The number of methoxy groups -OCH3 is 1. The van der Waals surface area contributed by atoms with Crippen LogP contribution >= 0.6 is 0 Å². The first-order valence-corrected chi connectivity index (χ1v) is 5.79. The second-order valence-electron chi connectivity index (χ2n) is 4.45. The van der Waals surface area contributed by atoms with Crippen molar-refractivity contribution in [3.05, 3.63) is 29.8 Å². The molecule has 0 aliphatic heterocycles. The highest BCUT2D eigenvalue weighted by Gasteiger charge is 2.26. The number of hydrogen-bond acceptors (Lipinski definition) is 3. The zero-order chi connectivity index (χ0) is 11.5. The van der Waals surface area contributed by atoms with Gasteiger partial charge in [-0.3, -0.25) is 0 Å². The molecule has 3 nitrogen and oxygen atoms in total. The smallest absolute Gasteiger partial charge is 0.118 e. The standard InChI is InChI=1S/C13H19NO2/c1-9(14-11-5-6-11)13(15)10-3-7-12(16-2)8-4-10/h3-4,7-9,11,13-15H,5-6H2,1-2H3. The largest absolute Gasteiger partial charge is 0.497 e. The van der Waals surface area contributed by atoms with E-state index in [4.69, 9.17) is 4.74 Å². The quantitative estimate of drug-likeness (QED) is 0.797. The molecule has 0 amide bonds. The lowest BCUT2D eigenvalue weighted by molar-refractivity contribution is 0.135. The van der Waals surface area contributed by atoms with Crippen LogP contribution in [0.3, 0.4) is 0 Å². The summed E-state index contributed by atoms with van der Waals surface area (Å²) in [5.41, 5.74) is 0.932. The second kappa shape index (κ2) is 4.85. The van der Waals surface area contributed by atoms with Gasteiger partial charge in [0.15, 0.2) is 0 Å². The van der Waals surface area contributed by atoms with Gasteiger partial charge in [-0.1, -0.05) is 12.1 Å². The van der Waals surface area contributed by atoms with E-state index in [1.807, 2.05) is 31.2 Å². The molecule has 2 rings (SSSR count). The summed E-state index contributed by atoms with van der Waals surface area (Å²) in [5.74, 6) is 0.818. The first kappa shape index (κ1) is 11.4. The van der Waals surface area contributed by atoms with E-state index in [0.717, 1.165) is 11.3 Å². The fraction of sp³-hybridized carbons (Fsp3) is 0.538. The number of aliphatic hydroxyl groups excluding tert-OH is 1. The van der Waals surface area contributed by atoms with Gasteiger partial charge < -0.3 is 15.2 Å². The Labute approximate surface area is 96.4 Å². The third-order valence-electron chi connectivity index (χ3n) is 3.01. The molecule has 1 aliphatic rings. The van der Waals surface area contributed by atoms with Crippen LogP contribution in [0.5, 0.6) is 5.75 Å². The molecule has 0 spiro atoms. The first-order chi connectivity index (χ1) is 7.70. The van der Waals surface area contributed by atoms with Crippen molar-refractivity contribution in [2.24, 2.45) is 0 Å². The SMILES string of the molecule is COc1ccc(C(O)C(C)NC2CC2)cc1. The predicted octanol–water partition coefficient (Wildman–Crippen LogP) is 1.87. The molecule has 1 saturated carbocycles. The summed E-state index contributed by atoms with van der Waals surface area (Å²) in [6.45, 7) is 2.02. The molecule has 1 aliphatic carbocycles. The number of rotatable bonds is 5. The van der Waals surface area contributed by atoms with Gasteiger partial charge in [0.05, 0.1) is 13.2 Å². The number of aliphatic hydroxyl groups is 1. The molecule has 0 saturated heterocycles. The van der Waals surface area contributed by atoms with Gasteiger partial charge in [-0.25, -0.2) is 0 Å². The van der Waals surface area contributed by atoms with Crippen LogP contribution in [0.1, 0.15) is 31.4 Å². The van der Waals surface area contributed by atoms with Gasteiger partial charge in [0.1, 0.15) is 5.75 Å². The highest BCUT2D eigenvalue weighted by atomic mass is 16.5. The molecular weight excluding hydrogens is 202 g/mol. The van der Waals surface area contributed by atoms with E-state index in [1.165, 1.54) is 12.8 Å². The Hall–Kier alpha value is -1.06. The molecule has 88 valence electrons. The maximum atomic E-state index is 10.1. The molecule has 1 fully saturated rings. The highest BCUT2D eigenvalue weighted by Crippen LogP contribution is 2.24. The summed E-state index contributed by atoms with van der Waals surface area (Å²) >= 11 is 0. The average molecular weight is 221 g/mol. The van der Waals surface area contributed by atoms with Gasteiger partial charge >= 0.3 is 0 Å². The van der Waals surface area contributed by atoms with Crippen LogP contribution in [0.25, 0.3) is 0 Å². The van der Waals surface area contributed by atoms with Crippen molar-refractivity contribution in [3.8, 4) is 5.75 Å².